The third kappa shape index (κ3) is 4.88. The van der Waals surface area contributed by atoms with E-state index in [-0.39, 0.29) is 12.0 Å². The average Bonchev–Trinajstić information content (AvgIpc) is 3.07. The molecule has 1 aromatic heterocycles. The van der Waals surface area contributed by atoms with E-state index in [1.54, 1.807) is 16.7 Å². The summed E-state index contributed by atoms with van der Waals surface area (Å²) < 4.78 is 8.04. The van der Waals surface area contributed by atoms with Crippen molar-refractivity contribution in [3.63, 3.8) is 0 Å². The van der Waals surface area contributed by atoms with Crippen LogP contribution in [0.1, 0.15) is 6.92 Å². The molecule has 1 aliphatic heterocycles. The van der Waals surface area contributed by atoms with Gasteiger partial charge in [-0.15, -0.1) is 0 Å². The second-order valence-electron chi connectivity index (χ2n) is 6.35. The lowest BCUT2D eigenvalue weighted by Crippen LogP contribution is -2.51. The highest BCUT2D eigenvalue weighted by atomic mass is 79.9. The van der Waals surface area contributed by atoms with Crippen LogP contribution in [0.15, 0.2) is 40.1 Å². The zero-order chi connectivity index (χ0) is 20.1. The smallest absolute Gasteiger partial charge is 0.409 e. The average molecular weight is 467 g/mol. The first-order valence-electron chi connectivity index (χ1n) is 9.09. The van der Waals surface area contributed by atoms with Gasteiger partial charge in [-0.05, 0) is 24.6 Å². The van der Waals surface area contributed by atoms with Gasteiger partial charge in [0.25, 0.3) is 0 Å². The van der Waals surface area contributed by atoms with Crippen molar-refractivity contribution in [2.24, 2.45) is 7.05 Å². The standard InChI is InChI=1S/C19H23BrN4O3S/c1-3-27-19(26)24-10-8-23(9-11-24)17(25)13-28-18-21-12-16(22(18)2)14-4-6-15(20)7-5-14/h4-7,12H,3,8-11,13H2,1-2H3. The number of thioether (sulfide) groups is 1. The summed E-state index contributed by atoms with van der Waals surface area (Å²) in [4.78, 5) is 32.2. The lowest BCUT2D eigenvalue weighted by molar-refractivity contribution is -0.129. The molecule has 0 unspecified atom stereocenters. The van der Waals surface area contributed by atoms with Crippen molar-refractivity contribution in [2.45, 2.75) is 12.1 Å². The summed E-state index contributed by atoms with van der Waals surface area (Å²) in [5, 5.41) is 0.802. The number of hydrogen-bond acceptors (Lipinski definition) is 5. The highest BCUT2D eigenvalue weighted by Crippen LogP contribution is 2.26. The van der Waals surface area contributed by atoms with Crippen LogP contribution in [0.4, 0.5) is 4.79 Å². The number of carbonyl (C=O) groups is 2. The summed E-state index contributed by atoms with van der Waals surface area (Å²) in [7, 11) is 1.95. The molecule has 28 heavy (non-hydrogen) atoms. The van der Waals surface area contributed by atoms with E-state index in [9.17, 15) is 9.59 Å². The highest BCUT2D eigenvalue weighted by molar-refractivity contribution is 9.10. The highest BCUT2D eigenvalue weighted by Gasteiger charge is 2.25. The zero-order valence-electron chi connectivity index (χ0n) is 15.9. The first-order valence-corrected chi connectivity index (χ1v) is 10.9. The van der Waals surface area contributed by atoms with Crippen molar-refractivity contribution in [1.29, 1.82) is 0 Å². The molecule has 3 rings (SSSR count). The molecule has 150 valence electrons. The molecule has 0 aliphatic carbocycles. The van der Waals surface area contributed by atoms with Gasteiger partial charge in [0.05, 0.1) is 24.3 Å². The molecule has 7 nitrogen and oxygen atoms in total. The minimum Gasteiger partial charge on any atom is -0.450 e. The van der Waals surface area contributed by atoms with Crippen LogP contribution in [0.5, 0.6) is 0 Å². The molecule has 0 bridgehead atoms. The quantitative estimate of drug-likeness (QED) is 0.632. The first-order chi connectivity index (χ1) is 13.5. The summed E-state index contributed by atoms with van der Waals surface area (Å²) in [6.45, 7) is 4.22. The normalized spacial score (nSPS) is 14.2. The van der Waals surface area contributed by atoms with Crippen LogP contribution in [-0.2, 0) is 16.6 Å². The van der Waals surface area contributed by atoms with Gasteiger partial charge >= 0.3 is 6.09 Å². The Morgan fingerprint density at radius 3 is 2.43 bits per heavy atom. The third-order valence-corrected chi connectivity index (χ3v) is 6.13. The number of halogens is 1. The van der Waals surface area contributed by atoms with Crippen molar-refractivity contribution in [3.8, 4) is 11.3 Å². The second kappa shape index (κ2) is 9.47. The van der Waals surface area contributed by atoms with Crippen LogP contribution >= 0.6 is 27.7 Å². The van der Waals surface area contributed by atoms with Crippen LogP contribution in [0.3, 0.4) is 0 Å². The molecule has 0 saturated carbocycles. The maximum Gasteiger partial charge on any atom is 0.409 e. The molecular weight excluding hydrogens is 444 g/mol. The number of benzene rings is 1. The van der Waals surface area contributed by atoms with Crippen LogP contribution in [-0.4, -0.2) is 69.9 Å². The van der Waals surface area contributed by atoms with E-state index in [4.69, 9.17) is 4.74 Å². The minimum absolute atomic E-state index is 0.0571. The summed E-state index contributed by atoms with van der Waals surface area (Å²) >= 11 is 4.87. The number of carbonyl (C=O) groups excluding carboxylic acids is 2. The second-order valence-corrected chi connectivity index (χ2v) is 8.21. The van der Waals surface area contributed by atoms with Gasteiger partial charge in [-0.2, -0.15) is 0 Å². The lowest BCUT2D eigenvalue weighted by Gasteiger charge is -2.34. The number of piperazine rings is 1. The summed E-state index contributed by atoms with van der Waals surface area (Å²) in [5.74, 6) is 0.381. The largest absolute Gasteiger partial charge is 0.450 e. The summed E-state index contributed by atoms with van der Waals surface area (Å²) in [6.07, 6.45) is 1.52. The van der Waals surface area contributed by atoms with Crippen molar-refractivity contribution in [2.75, 3.05) is 38.5 Å². The Hall–Kier alpha value is -2.00. The molecule has 2 heterocycles. The number of hydrogen-bond donors (Lipinski definition) is 0. The van der Waals surface area contributed by atoms with E-state index in [1.165, 1.54) is 11.8 Å². The summed E-state index contributed by atoms with van der Waals surface area (Å²) in [5.41, 5.74) is 2.08. The van der Waals surface area contributed by atoms with Gasteiger partial charge in [0.1, 0.15) is 0 Å². The number of rotatable bonds is 5. The van der Waals surface area contributed by atoms with Crippen LogP contribution in [0.25, 0.3) is 11.3 Å². The Labute approximate surface area is 177 Å². The van der Waals surface area contributed by atoms with E-state index < -0.39 is 0 Å². The molecule has 9 heteroatoms. The molecule has 0 N–H and O–H groups in total. The van der Waals surface area contributed by atoms with E-state index >= 15 is 0 Å². The van der Waals surface area contributed by atoms with Crippen LogP contribution < -0.4 is 0 Å². The zero-order valence-corrected chi connectivity index (χ0v) is 18.3. The molecule has 1 saturated heterocycles. The fourth-order valence-corrected chi connectivity index (χ4v) is 4.11. The monoisotopic (exact) mass is 466 g/mol. The maximum atomic E-state index is 12.5. The Bertz CT molecular complexity index is 832. The third-order valence-electron chi connectivity index (χ3n) is 4.57. The molecule has 0 radical (unpaired) electrons. The van der Waals surface area contributed by atoms with Gasteiger partial charge in [-0.3, -0.25) is 4.79 Å². The Kier molecular flexibility index (Phi) is 7.01. The van der Waals surface area contributed by atoms with Crippen molar-refractivity contribution in [3.05, 3.63) is 34.9 Å². The van der Waals surface area contributed by atoms with E-state index in [1.807, 2.05) is 42.1 Å². The Morgan fingerprint density at radius 2 is 1.79 bits per heavy atom. The van der Waals surface area contributed by atoms with Crippen LogP contribution in [0.2, 0.25) is 0 Å². The predicted octanol–water partition coefficient (Wildman–Crippen LogP) is 3.24. The van der Waals surface area contributed by atoms with E-state index in [2.05, 4.69) is 20.9 Å². The molecule has 2 aromatic rings. The molecule has 0 atom stereocenters. The Morgan fingerprint density at radius 1 is 1.14 bits per heavy atom. The molecule has 0 spiro atoms. The Balaban J connectivity index is 1.53. The van der Waals surface area contributed by atoms with Gasteiger partial charge in [-0.25, -0.2) is 9.78 Å². The molecule has 1 aromatic carbocycles. The van der Waals surface area contributed by atoms with Gasteiger partial charge in [0.2, 0.25) is 5.91 Å². The van der Waals surface area contributed by atoms with Crippen LogP contribution in [0, 0.1) is 0 Å². The maximum absolute atomic E-state index is 12.5. The lowest BCUT2D eigenvalue weighted by atomic mass is 10.2. The number of imidazole rings is 1. The molecule has 2 amide bonds. The van der Waals surface area contributed by atoms with Gasteiger partial charge in [0, 0.05) is 37.7 Å². The van der Waals surface area contributed by atoms with E-state index in [0.717, 1.165) is 20.9 Å². The fraction of sp³-hybridized carbons (Fsp3) is 0.421. The fourth-order valence-electron chi connectivity index (χ4n) is 2.99. The SMILES string of the molecule is CCOC(=O)N1CCN(C(=O)CSc2ncc(-c3ccc(Br)cc3)n2C)CC1. The molecule has 1 aliphatic rings. The number of amides is 2. The number of aromatic nitrogens is 2. The predicted molar refractivity (Wildman–Crippen MR) is 112 cm³/mol. The van der Waals surface area contributed by atoms with Gasteiger partial charge in [0.15, 0.2) is 5.16 Å². The number of ether oxygens (including phenoxy) is 1. The topological polar surface area (TPSA) is 67.7 Å². The molecule has 1 fully saturated rings. The van der Waals surface area contributed by atoms with Crippen molar-refractivity contribution in [1.82, 2.24) is 19.4 Å². The van der Waals surface area contributed by atoms with Crippen molar-refractivity contribution < 1.29 is 14.3 Å². The van der Waals surface area contributed by atoms with E-state index in [0.29, 0.717) is 38.5 Å². The summed E-state index contributed by atoms with van der Waals surface area (Å²) in [6, 6.07) is 8.05. The van der Waals surface area contributed by atoms with Gasteiger partial charge < -0.3 is 19.1 Å². The minimum atomic E-state index is -0.308. The van der Waals surface area contributed by atoms with Gasteiger partial charge in [-0.1, -0.05) is 39.8 Å². The van der Waals surface area contributed by atoms with Crippen molar-refractivity contribution >= 4 is 39.7 Å². The number of nitrogens with zero attached hydrogens (tertiary/aromatic N) is 4. The molecular formula is C19H23BrN4O3S. The first kappa shape index (κ1) is 20.7.